The lowest BCUT2D eigenvalue weighted by molar-refractivity contribution is 1.08. The number of aromatic nitrogens is 3. The number of pyridine rings is 1. The van der Waals surface area contributed by atoms with Crippen LogP contribution in [-0.2, 0) is 0 Å². The van der Waals surface area contributed by atoms with Crippen molar-refractivity contribution in [3.8, 4) is 51.1 Å². The summed E-state index contributed by atoms with van der Waals surface area (Å²) in [6, 6.07) is 66.1. The first kappa shape index (κ1) is 29.7. The highest BCUT2D eigenvalue weighted by atomic mass is 15.1. The van der Waals surface area contributed by atoms with E-state index in [1.165, 1.54) is 27.2 Å². The summed E-state index contributed by atoms with van der Waals surface area (Å²) in [6.45, 7) is 0. The van der Waals surface area contributed by atoms with Gasteiger partial charge in [0.25, 0.3) is 0 Å². The van der Waals surface area contributed by atoms with Crippen LogP contribution in [0.1, 0.15) is 5.56 Å². The second kappa shape index (κ2) is 12.0. The molecule has 0 aliphatic heterocycles. The van der Waals surface area contributed by atoms with Gasteiger partial charge in [-0.25, -0.2) is 4.98 Å². The van der Waals surface area contributed by atoms with Crippen LogP contribution in [0.15, 0.2) is 182 Å². The van der Waals surface area contributed by atoms with Crippen molar-refractivity contribution in [2.45, 2.75) is 0 Å². The van der Waals surface area contributed by atoms with Gasteiger partial charge in [0, 0.05) is 32.8 Å². The van der Waals surface area contributed by atoms with E-state index in [1.54, 1.807) is 0 Å². The van der Waals surface area contributed by atoms with Crippen LogP contribution in [0.4, 0.5) is 0 Å². The molecule has 0 aliphatic carbocycles. The molecule has 0 spiro atoms. The fraction of sp³-hybridized carbons (Fsp3) is 0. The van der Waals surface area contributed by atoms with E-state index >= 15 is 0 Å². The molecule has 3 aromatic heterocycles. The van der Waals surface area contributed by atoms with E-state index in [1.807, 2.05) is 30.3 Å². The number of para-hydroxylation sites is 3. The van der Waals surface area contributed by atoms with Gasteiger partial charge in [-0.2, -0.15) is 5.26 Å². The van der Waals surface area contributed by atoms with Crippen molar-refractivity contribution in [2.24, 2.45) is 0 Å². The van der Waals surface area contributed by atoms with Gasteiger partial charge in [0.05, 0.1) is 39.4 Å². The zero-order valence-electron chi connectivity index (χ0n) is 28.1. The molecule has 242 valence electrons. The maximum absolute atomic E-state index is 9.66. The Hall–Kier alpha value is -7.22. The van der Waals surface area contributed by atoms with E-state index in [2.05, 4.69) is 167 Å². The summed E-state index contributed by atoms with van der Waals surface area (Å²) in [7, 11) is 0. The Morgan fingerprint density at radius 1 is 0.385 bits per heavy atom. The number of hydrogen-bond donors (Lipinski definition) is 0. The predicted octanol–water partition coefficient (Wildman–Crippen LogP) is 12.1. The third kappa shape index (κ3) is 4.80. The standard InChI is InChI=1S/C48H30N4/c49-31-32-12-11-15-36(26-32)43-28-37(33-13-3-1-4-14-33)30-48(50-43)52-45-21-10-8-19-40(45)42-27-34(23-25-46(42)52)35-22-24-41-39-18-7-9-20-44(39)51(47(41)29-35)38-16-5-2-6-17-38/h1-30H. The second-order valence-corrected chi connectivity index (χ2v) is 13.2. The van der Waals surface area contributed by atoms with Crippen LogP contribution < -0.4 is 0 Å². The summed E-state index contributed by atoms with van der Waals surface area (Å²) in [5.74, 6) is 0.825. The average Bonchev–Trinajstić information content (AvgIpc) is 3.73. The SMILES string of the molecule is N#Cc1cccc(-c2cc(-c3ccccc3)cc(-n3c4ccccc4c4cc(-c5ccc6c7ccccc7n(-c7ccccc7)c6c5)ccc43)n2)c1. The first-order valence-electron chi connectivity index (χ1n) is 17.4. The third-order valence-corrected chi connectivity index (χ3v) is 10.1. The predicted molar refractivity (Wildman–Crippen MR) is 214 cm³/mol. The van der Waals surface area contributed by atoms with E-state index in [0.29, 0.717) is 5.56 Å². The van der Waals surface area contributed by atoms with Crippen LogP contribution >= 0.6 is 0 Å². The normalized spacial score (nSPS) is 11.4. The minimum Gasteiger partial charge on any atom is -0.309 e. The number of rotatable bonds is 5. The molecule has 4 heteroatoms. The summed E-state index contributed by atoms with van der Waals surface area (Å²) in [5.41, 5.74) is 12.5. The number of hydrogen-bond acceptors (Lipinski definition) is 2. The average molecular weight is 663 g/mol. The quantitative estimate of drug-likeness (QED) is 0.184. The molecular weight excluding hydrogens is 633 g/mol. The molecule has 0 aliphatic rings. The van der Waals surface area contributed by atoms with Crippen molar-refractivity contribution >= 4 is 43.6 Å². The molecule has 0 atom stereocenters. The van der Waals surface area contributed by atoms with Gasteiger partial charge in [-0.3, -0.25) is 4.57 Å². The highest BCUT2D eigenvalue weighted by Gasteiger charge is 2.18. The number of fused-ring (bicyclic) bond motifs is 6. The van der Waals surface area contributed by atoms with Gasteiger partial charge in [-0.1, -0.05) is 115 Å². The van der Waals surface area contributed by atoms with Crippen LogP contribution in [-0.4, -0.2) is 14.1 Å². The van der Waals surface area contributed by atoms with Crippen molar-refractivity contribution in [3.05, 3.63) is 188 Å². The highest BCUT2D eigenvalue weighted by molar-refractivity contribution is 6.12. The second-order valence-electron chi connectivity index (χ2n) is 13.2. The van der Waals surface area contributed by atoms with Crippen LogP contribution in [0, 0.1) is 11.3 Å². The molecule has 0 saturated heterocycles. The molecule has 4 nitrogen and oxygen atoms in total. The lowest BCUT2D eigenvalue weighted by Crippen LogP contribution is -2.00. The summed E-state index contributed by atoms with van der Waals surface area (Å²) in [5, 5.41) is 14.5. The van der Waals surface area contributed by atoms with Crippen molar-refractivity contribution in [1.29, 1.82) is 5.26 Å². The molecule has 0 saturated carbocycles. The summed E-state index contributed by atoms with van der Waals surface area (Å²) in [4.78, 5) is 5.27. The van der Waals surface area contributed by atoms with Crippen molar-refractivity contribution in [2.75, 3.05) is 0 Å². The first-order chi connectivity index (χ1) is 25.7. The maximum Gasteiger partial charge on any atom is 0.138 e. The Labute approximate surface area is 300 Å². The number of nitriles is 1. The fourth-order valence-electron chi connectivity index (χ4n) is 7.73. The van der Waals surface area contributed by atoms with E-state index in [4.69, 9.17) is 4.98 Å². The Balaban J connectivity index is 1.18. The van der Waals surface area contributed by atoms with Crippen LogP contribution in [0.2, 0.25) is 0 Å². The fourth-order valence-corrected chi connectivity index (χ4v) is 7.73. The Bertz CT molecular complexity index is 3020. The van der Waals surface area contributed by atoms with Crippen molar-refractivity contribution < 1.29 is 0 Å². The van der Waals surface area contributed by atoms with Crippen molar-refractivity contribution in [3.63, 3.8) is 0 Å². The van der Waals surface area contributed by atoms with Gasteiger partial charge in [0.15, 0.2) is 0 Å². The molecule has 0 N–H and O–H groups in total. The van der Waals surface area contributed by atoms with Gasteiger partial charge >= 0.3 is 0 Å². The molecule has 0 bridgehead atoms. The topological polar surface area (TPSA) is 46.5 Å². The molecule has 0 radical (unpaired) electrons. The number of nitrogens with zero attached hydrogens (tertiary/aromatic N) is 4. The van der Waals surface area contributed by atoms with Crippen LogP contribution in [0.3, 0.4) is 0 Å². The highest BCUT2D eigenvalue weighted by Crippen LogP contribution is 2.39. The molecule has 7 aromatic carbocycles. The zero-order chi connectivity index (χ0) is 34.6. The van der Waals surface area contributed by atoms with Gasteiger partial charge in [-0.15, -0.1) is 0 Å². The maximum atomic E-state index is 9.66. The minimum absolute atomic E-state index is 0.609. The molecule has 3 heterocycles. The van der Waals surface area contributed by atoms with Gasteiger partial charge in [0.1, 0.15) is 5.82 Å². The van der Waals surface area contributed by atoms with Gasteiger partial charge in [-0.05, 0) is 89.0 Å². The van der Waals surface area contributed by atoms with Crippen LogP contribution in [0.5, 0.6) is 0 Å². The lowest BCUT2D eigenvalue weighted by Gasteiger charge is -2.13. The van der Waals surface area contributed by atoms with Gasteiger partial charge < -0.3 is 4.57 Å². The monoisotopic (exact) mass is 662 g/mol. The first-order valence-corrected chi connectivity index (χ1v) is 17.4. The molecular formula is C48H30N4. The minimum atomic E-state index is 0.609. The molecule has 0 unspecified atom stereocenters. The summed E-state index contributed by atoms with van der Waals surface area (Å²) in [6.07, 6.45) is 0. The van der Waals surface area contributed by atoms with Gasteiger partial charge in [0.2, 0.25) is 0 Å². The van der Waals surface area contributed by atoms with E-state index in [0.717, 1.165) is 61.4 Å². The third-order valence-electron chi connectivity index (χ3n) is 10.1. The Morgan fingerprint density at radius 2 is 1.00 bits per heavy atom. The van der Waals surface area contributed by atoms with E-state index in [9.17, 15) is 5.26 Å². The molecule has 52 heavy (non-hydrogen) atoms. The molecule has 0 amide bonds. The molecule has 10 rings (SSSR count). The van der Waals surface area contributed by atoms with Crippen molar-refractivity contribution in [1.82, 2.24) is 14.1 Å². The smallest absolute Gasteiger partial charge is 0.138 e. The summed E-state index contributed by atoms with van der Waals surface area (Å²) >= 11 is 0. The Morgan fingerprint density at radius 3 is 1.79 bits per heavy atom. The molecule has 0 fully saturated rings. The zero-order valence-corrected chi connectivity index (χ0v) is 28.1. The lowest BCUT2D eigenvalue weighted by atomic mass is 10.0. The Kier molecular flexibility index (Phi) is 6.84. The van der Waals surface area contributed by atoms with Crippen LogP contribution in [0.25, 0.3) is 88.6 Å². The van der Waals surface area contributed by atoms with E-state index in [-0.39, 0.29) is 0 Å². The molecule has 10 aromatic rings. The largest absolute Gasteiger partial charge is 0.309 e. The summed E-state index contributed by atoms with van der Waals surface area (Å²) < 4.78 is 4.64. The van der Waals surface area contributed by atoms with E-state index < -0.39 is 0 Å². The number of benzene rings is 7.